The molecular formula is C16H21NO5S. The van der Waals surface area contributed by atoms with E-state index in [1.54, 1.807) is 11.4 Å². The van der Waals surface area contributed by atoms with Crippen molar-refractivity contribution in [3.8, 4) is 0 Å². The first-order valence-corrected chi connectivity index (χ1v) is 8.51. The number of aliphatic carboxylic acids is 1. The summed E-state index contributed by atoms with van der Waals surface area (Å²) in [6, 6.07) is 1.65. The lowest BCUT2D eigenvalue weighted by Crippen LogP contribution is -2.32. The zero-order chi connectivity index (χ0) is 16.9. The van der Waals surface area contributed by atoms with Crippen molar-refractivity contribution in [2.24, 2.45) is 5.41 Å². The Morgan fingerprint density at radius 1 is 1.26 bits per heavy atom. The summed E-state index contributed by atoms with van der Waals surface area (Å²) in [6.45, 7) is 0. The molecule has 2 rings (SSSR count). The molecule has 0 radical (unpaired) electrons. The SMILES string of the molecule is COC(=O)c1sccc1NC(=O)CC1(CC(=O)O)CCCCC1. The van der Waals surface area contributed by atoms with Crippen molar-refractivity contribution < 1.29 is 24.2 Å². The van der Waals surface area contributed by atoms with Crippen LogP contribution in [0.5, 0.6) is 0 Å². The Morgan fingerprint density at radius 2 is 1.96 bits per heavy atom. The minimum atomic E-state index is -0.870. The number of carboxylic acids is 1. The van der Waals surface area contributed by atoms with Gasteiger partial charge in [0.25, 0.3) is 0 Å². The highest BCUT2D eigenvalue weighted by atomic mass is 32.1. The average molecular weight is 339 g/mol. The van der Waals surface area contributed by atoms with Gasteiger partial charge in [-0.1, -0.05) is 19.3 Å². The van der Waals surface area contributed by atoms with Crippen molar-refractivity contribution in [3.63, 3.8) is 0 Å². The van der Waals surface area contributed by atoms with E-state index in [1.807, 2.05) is 0 Å². The third-order valence-electron chi connectivity index (χ3n) is 4.29. The van der Waals surface area contributed by atoms with E-state index in [9.17, 15) is 14.4 Å². The molecule has 1 amide bonds. The van der Waals surface area contributed by atoms with Gasteiger partial charge in [-0.2, -0.15) is 0 Å². The molecule has 0 unspecified atom stereocenters. The number of hydrogen-bond donors (Lipinski definition) is 2. The van der Waals surface area contributed by atoms with Crippen LogP contribution in [0.2, 0.25) is 0 Å². The summed E-state index contributed by atoms with van der Waals surface area (Å²) in [7, 11) is 1.29. The molecule has 1 fully saturated rings. The van der Waals surface area contributed by atoms with Crippen molar-refractivity contribution in [1.82, 2.24) is 0 Å². The highest BCUT2D eigenvalue weighted by Crippen LogP contribution is 2.42. The number of esters is 1. The van der Waals surface area contributed by atoms with Crippen molar-refractivity contribution in [2.75, 3.05) is 12.4 Å². The fourth-order valence-corrected chi connectivity index (χ4v) is 4.00. The summed E-state index contributed by atoms with van der Waals surface area (Å²) in [6.07, 6.45) is 4.66. The van der Waals surface area contributed by atoms with E-state index in [0.29, 0.717) is 10.6 Å². The Kier molecular flexibility index (Phi) is 5.76. The van der Waals surface area contributed by atoms with Crippen LogP contribution in [0, 0.1) is 5.41 Å². The number of thiophene rings is 1. The first kappa shape index (κ1) is 17.5. The molecule has 23 heavy (non-hydrogen) atoms. The summed E-state index contributed by atoms with van der Waals surface area (Å²) >= 11 is 1.20. The highest BCUT2D eigenvalue weighted by Gasteiger charge is 2.36. The lowest BCUT2D eigenvalue weighted by molar-refractivity contribution is -0.140. The van der Waals surface area contributed by atoms with E-state index < -0.39 is 17.4 Å². The zero-order valence-electron chi connectivity index (χ0n) is 13.1. The number of carbonyl (C=O) groups excluding carboxylic acids is 2. The van der Waals surface area contributed by atoms with Gasteiger partial charge in [0.15, 0.2) is 0 Å². The van der Waals surface area contributed by atoms with Crippen molar-refractivity contribution >= 4 is 34.9 Å². The Bertz CT molecular complexity index is 589. The Balaban J connectivity index is 2.06. The number of amides is 1. The molecule has 7 heteroatoms. The quantitative estimate of drug-likeness (QED) is 0.776. The highest BCUT2D eigenvalue weighted by molar-refractivity contribution is 7.12. The predicted molar refractivity (Wildman–Crippen MR) is 86.7 cm³/mol. The summed E-state index contributed by atoms with van der Waals surface area (Å²) in [5.41, 5.74) is -0.0524. The second-order valence-electron chi connectivity index (χ2n) is 6.01. The summed E-state index contributed by atoms with van der Waals surface area (Å²) in [4.78, 5) is 35.5. The van der Waals surface area contributed by atoms with E-state index in [4.69, 9.17) is 5.11 Å². The van der Waals surface area contributed by atoms with Gasteiger partial charge in [-0.05, 0) is 29.7 Å². The predicted octanol–water partition coefficient (Wildman–Crippen LogP) is 3.29. The second-order valence-corrected chi connectivity index (χ2v) is 6.93. The third kappa shape index (κ3) is 4.54. The molecule has 0 atom stereocenters. The lowest BCUT2D eigenvalue weighted by Gasteiger charge is -2.35. The monoisotopic (exact) mass is 339 g/mol. The van der Waals surface area contributed by atoms with E-state index >= 15 is 0 Å². The largest absolute Gasteiger partial charge is 0.481 e. The topological polar surface area (TPSA) is 92.7 Å². The summed E-state index contributed by atoms with van der Waals surface area (Å²) in [5, 5.41) is 13.6. The van der Waals surface area contributed by atoms with Gasteiger partial charge >= 0.3 is 11.9 Å². The van der Waals surface area contributed by atoms with Crippen LogP contribution in [-0.4, -0.2) is 30.1 Å². The summed E-state index contributed by atoms with van der Waals surface area (Å²) in [5.74, 6) is -1.62. The first-order valence-electron chi connectivity index (χ1n) is 7.63. The molecule has 0 saturated heterocycles. The smallest absolute Gasteiger partial charge is 0.350 e. The average Bonchev–Trinajstić information content (AvgIpc) is 2.94. The van der Waals surface area contributed by atoms with Gasteiger partial charge in [0.2, 0.25) is 5.91 Å². The first-order chi connectivity index (χ1) is 11.0. The number of hydrogen-bond acceptors (Lipinski definition) is 5. The van der Waals surface area contributed by atoms with E-state index in [0.717, 1.165) is 32.1 Å². The second kappa shape index (κ2) is 7.59. The minimum absolute atomic E-state index is 0.00785. The third-order valence-corrected chi connectivity index (χ3v) is 5.18. The van der Waals surface area contributed by atoms with Gasteiger partial charge in [-0.15, -0.1) is 11.3 Å². The van der Waals surface area contributed by atoms with Crippen LogP contribution in [0.3, 0.4) is 0 Å². The number of rotatable bonds is 6. The van der Waals surface area contributed by atoms with Crippen molar-refractivity contribution in [1.29, 1.82) is 0 Å². The van der Waals surface area contributed by atoms with Crippen LogP contribution in [-0.2, 0) is 14.3 Å². The molecule has 0 bridgehead atoms. The maximum absolute atomic E-state index is 12.4. The molecule has 1 saturated carbocycles. The Labute approximate surface area is 138 Å². The van der Waals surface area contributed by atoms with E-state index in [-0.39, 0.29) is 18.7 Å². The molecule has 126 valence electrons. The molecule has 6 nitrogen and oxygen atoms in total. The maximum atomic E-state index is 12.4. The molecule has 0 aromatic carbocycles. The number of carbonyl (C=O) groups is 3. The van der Waals surface area contributed by atoms with Gasteiger partial charge < -0.3 is 15.2 Å². The van der Waals surface area contributed by atoms with Crippen LogP contribution in [0.4, 0.5) is 5.69 Å². The van der Waals surface area contributed by atoms with Gasteiger partial charge in [0.05, 0.1) is 19.2 Å². The van der Waals surface area contributed by atoms with Crippen molar-refractivity contribution in [2.45, 2.75) is 44.9 Å². The Morgan fingerprint density at radius 3 is 2.57 bits per heavy atom. The molecule has 1 heterocycles. The van der Waals surface area contributed by atoms with Crippen LogP contribution in [0.1, 0.15) is 54.6 Å². The van der Waals surface area contributed by atoms with Gasteiger partial charge in [0.1, 0.15) is 4.88 Å². The fourth-order valence-electron chi connectivity index (χ4n) is 3.23. The molecule has 2 N–H and O–H groups in total. The van der Waals surface area contributed by atoms with E-state index in [2.05, 4.69) is 10.1 Å². The van der Waals surface area contributed by atoms with Crippen LogP contribution >= 0.6 is 11.3 Å². The Hall–Kier alpha value is -1.89. The molecule has 1 aromatic heterocycles. The number of nitrogens with one attached hydrogen (secondary N) is 1. The zero-order valence-corrected chi connectivity index (χ0v) is 13.9. The number of anilines is 1. The van der Waals surface area contributed by atoms with E-state index in [1.165, 1.54) is 18.4 Å². The maximum Gasteiger partial charge on any atom is 0.350 e. The van der Waals surface area contributed by atoms with Crippen LogP contribution in [0.25, 0.3) is 0 Å². The molecule has 0 spiro atoms. The molecular weight excluding hydrogens is 318 g/mol. The lowest BCUT2D eigenvalue weighted by atomic mass is 9.69. The van der Waals surface area contributed by atoms with Crippen LogP contribution < -0.4 is 5.32 Å². The van der Waals surface area contributed by atoms with Gasteiger partial charge in [-0.3, -0.25) is 9.59 Å². The number of methoxy groups -OCH3 is 1. The normalized spacial score (nSPS) is 16.6. The standard InChI is InChI=1S/C16H21NO5S/c1-22-15(21)14-11(5-8-23-14)17-12(18)9-16(10-13(19)20)6-3-2-4-7-16/h5,8H,2-4,6-7,9-10H2,1H3,(H,17,18)(H,19,20). The summed E-state index contributed by atoms with van der Waals surface area (Å²) < 4.78 is 4.68. The number of ether oxygens (including phenoxy) is 1. The van der Waals surface area contributed by atoms with Gasteiger partial charge in [0, 0.05) is 6.42 Å². The van der Waals surface area contributed by atoms with Gasteiger partial charge in [-0.25, -0.2) is 4.79 Å². The van der Waals surface area contributed by atoms with Crippen LogP contribution in [0.15, 0.2) is 11.4 Å². The number of carboxylic acid groups (broad SMARTS) is 1. The molecule has 1 aliphatic carbocycles. The molecule has 1 aromatic rings. The molecule has 0 aliphatic heterocycles. The minimum Gasteiger partial charge on any atom is -0.481 e. The van der Waals surface area contributed by atoms with Crippen molar-refractivity contribution in [3.05, 3.63) is 16.3 Å². The fraction of sp³-hybridized carbons (Fsp3) is 0.562. The molecule has 1 aliphatic rings.